The van der Waals surface area contributed by atoms with E-state index in [9.17, 15) is 9.18 Å². The smallest absolute Gasteiger partial charge is 0.221 e. The second-order valence-electron chi connectivity index (χ2n) is 7.88. The van der Waals surface area contributed by atoms with Crippen LogP contribution in [0.2, 0.25) is 0 Å². The molecule has 1 aromatic rings. The summed E-state index contributed by atoms with van der Waals surface area (Å²) in [4.78, 5) is 13.8. The van der Waals surface area contributed by atoms with Crippen molar-refractivity contribution >= 4 is 16.8 Å². The van der Waals surface area contributed by atoms with E-state index in [2.05, 4.69) is 36.1 Å². The van der Waals surface area contributed by atoms with E-state index >= 15 is 0 Å². The van der Waals surface area contributed by atoms with Crippen LogP contribution in [-0.4, -0.2) is 10.1 Å². The number of carbonyl (C=O) groups excluding carboxylic acids is 1. The summed E-state index contributed by atoms with van der Waals surface area (Å²) >= 11 is 5.67. The minimum atomic E-state index is -0.280. The van der Waals surface area contributed by atoms with E-state index in [1.807, 2.05) is 18.2 Å². The van der Waals surface area contributed by atoms with Gasteiger partial charge in [0.05, 0.1) is 6.04 Å². The zero-order valence-corrected chi connectivity index (χ0v) is 16.9. The molecule has 1 saturated carbocycles. The van der Waals surface area contributed by atoms with E-state index in [1.165, 1.54) is 28.8 Å². The average molecular weight is 398 g/mol. The van der Waals surface area contributed by atoms with E-state index in [4.69, 9.17) is 11.6 Å². The maximum absolute atomic E-state index is 13.8. The Morgan fingerprint density at radius 1 is 1.21 bits per heavy atom. The van der Waals surface area contributed by atoms with Gasteiger partial charge in [-0.3, -0.25) is 4.79 Å². The van der Waals surface area contributed by atoms with Crippen molar-refractivity contribution in [3.63, 3.8) is 0 Å². The Balaban J connectivity index is 1.75. The monoisotopic (exact) mass is 397 g/mol. The van der Waals surface area contributed by atoms with Crippen LogP contribution >= 0.6 is 11.6 Å². The number of rotatable bonds is 5. The van der Waals surface area contributed by atoms with Crippen LogP contribution in [0, 0.1) is 12.8 Å². The molecule has 0 aromatic heterocycles. The molecular formula is C24H25ClFNO. The molecule has 0 amide bonds. The highest BCUT2D eigenvalue weighted by atomic mass is 35.5. The number of nitrogens with zero attached hydrogens (tertiary/aromatic N) is 1. The molecular weight excluding hydrogens is 373 g/mol. The molecule has 1 heterocycles. The molecule has 0 N–H and O–H groups in total. The summed E-state index contributed by atoms with van der Waals surface area (Å²) in [6.45, 7) is 2.08. The first kappa shape index (κ1) is 19.2. The van der Waals surface area contributed by atoms with Crippen LogP contribution in [-0.2, 0) is 4.79 Å². The van der Waals surface area contributed by atoms with Crippen molar-refractivity contribution in [1.82, 2.24) is 4.90 Å². The fraction of sp³-hybridized carbons (Fsp3) is 0.375. The third-order valence-corrected chi connectivity index (χ3v) is 6.16. The number of benzene rings is 1. The Morgan fingerprint density at radius 3 is 2.61 bits per heavy atom. The lowest BCUT2D eigenvalue weighted by atomic mass is 9.71. The van der Waals surface area contributed by atoms with Gasteiger partial charge in [-0.25, -0.2) is 4.39 Å². The number of aryl methyl sites for hydroxylation is 1. The Kier molecular flexibility index (Phi) is 5.54. The highest BCUT2D eigenvalue weighted by Crippen LogP contribution is 2.55. The first-order valence-corrected chi connectivity index (χ1v) is 10.4. The summed E-state index contributed by atoms with van der Waals surface area (Å²) in [7, 11) is 0. The molecule has 1 aliphatic heterocycles. The molecule has 1 saturated heterocycles. The van der Waals surface area contributed by atoms with Gasteiger partial charge in [0.1, 0.15) is 5.83 Å². The lowest BCUT2D eigenvalue weighted by Gasteiger charge is -2.55. The van der Waals surface area contributed by atoms with Gasteiger partial charge in [0, 0.05) is 30.2 Å². The lowest BCUT2D eigenvalue weighted by molar-refractivity contribution is -0.112. The van der Waals surface area contributed by atoms with Crippen molar-refractivity contribution in [3.05, 3.63) is 82.5 Å². The maximum atomic E-state index is 13.8. The summed E-state index contributed by atoms with van der Waals surface area (Å²) in [6.07, 6.45) is 12.2. The fourth-order valence-corrected chi connectivity index (χ4v) is 4.49. The second-order valence-corrected chi connectivity index (χ2v) is 8.30. The van der Waals surface area contributed by atoms with E-state index in [1.54, 1.807) is 6.08 Å². The number of hydrogen-bond acceptors (Lipinski definition) is 2. The molecule has 0 radical (unpaired) electrons. The minimum absolute atomic E-state index is 0.124. The molecule has 3 aliphatic rings. The Labute approximate surface area is 171 Å². The van der Waals surface area contributed by atoms with Crippen LogP contribution in [0.3, 0.4) is 0 Å². The summed E-state index contributed by atoms with van der Waals surface area (Å²) < 4.78 is 13.8. The van der Waals surface area contributed by atoms with Crippen molar-refractivity contribution in [3.8, 4) is 0 Å². The topological polar surface area (TPSA) is 20.3 Å². The molecule has 2 fully saturated rings. The summed E-state index contributed by atoms with van der Waals surface area (Å²) in [5.41, 5.74) is 6.25. The predicted molar refractivity (Wildman–Crippen MR) is 111 cm³/mol. The molecule has 1 aromatic carbocycles. The van der Waals surface area contributed by atoms with Crippen LogP contribution < -0.4 is 0 Å². The van der Waals surface area contributed by atoms with Crippen LogP contribution in [0.15, 0.2) is 71.4 Å². The first-order chi connectivity index (χ1) is 13.5. The van der Waals surface area contributed by atoms with Gasteiger partial charge in [0.2, 0.25) is 5.24 Å². The zero-order chi connectivity index (χ0) is 19.7. The third kappa shape index (κ3) is 3.73. The Bertz CT molecular complexity index is 888. The number of likely N-dealkylation sites (tertiary alicyclic amines) is 1. The number of allylic oxidation sites excluding steroid dienone is 6. The molecule has 0 spiro atoms. The van der Waals surface area contributed by atoms with Crippen molar-refractivity contribution in [1.29, 1.82) is 0 Å². The Morgan fingerprint density at radius 2 is 1.96 bits per heavy atom. The molecule has 2 atom stereocenters. The Hall–Kier alpha value is -2.13. The quantitative estimate of drug-likeness (QED) is 0.518. The van der Waals surface area contributed by atoms with Gasteiger partial charge in [0.15, 0.2) is 0 Å². The summed E-state index contributed by atoms with van der Waals surface area (Å²) in [5.74, 6) is 0.146. The van der Waals surface area contributed by atoms with Gasteiger partial charge in [-0.1, -0.05) is 41.5 Å². The van der Waals surface area contributed by atoms with Crippen LogP contribution in [0.25, 0.3) is 0 Å². The van der Waals surface area contributed by atoms with Gasteiger partial charge in [-0.05, 0) is 68.0 Å². The van der Waals surface area contributed by atoms with Crippen molar-refractivity contribution in [2.24, 2.45) is 5.92 Å². The number of halogens is 2. The number of carbonyl (C=O) groups is 1. The van der Waals surface area contributed by atoms with Crippen molar-refractivity contribution < 1.29 is 9.18 Å². The SMILES string of the molecule is Cc1ccc(C2[C@@H](CCC(=O)Cl)C(=C3CCC3)N2C2=CC=C(F)CC=C2)cc1. The standard InChI is InChI=1S/C24H25ClFNO/c1-16-8-10-18(11-9-16)24-21(14-15-22(25)28)23(17-4-2-5-17)27(24)20-7-3-6-19(26)12-13-20/h3,7-13,21,24H,2,4-6,14-15H2,1H3/t21-,24?/m0/s1. The molecule has 1 unspecified atom stereocenters. The highest BCUT2D eigenvalue weighted by molar-refractivity contribution is 6.63. The molecule has 146 valence electrons. The van der Waals surface area contributed by atoms with E-state index < -0.39 is 0 Å². The molecule has 0 bridgehead atoms. The van der Waals surface area contributed by atoms with Crippen molar-refractivity contribution in [2.75, 3.05) is 0 Å². The van der Waals surface area contributed by atoms with E-state index in [0.717, 1.165) is 25.0 Å². The van der Waals surface area contributed by atoms with Gasteiger partial charge >= 0.3 is 0 Å². The summed E-state index contributed by atoms with van der Waals surface area (Å²) in [6, 6.07) is 8.74. The van der Waals surface area contributed by atoms with Gasteiger partial charge < -0.3 is 4.90 Å². The van der Waals surface area contributed by atoms with Crippen LogP contribution in [0.5, 0.6) is 0 Å². The van der Waals surface area contributed by atoms with Gasteiger partial charge in [0.25, 0.3) is 0 Å². The second kappa shape index (κ2) is 8.08. The van der Waals surface area contributed by atoms with E-state index in [0.29, 0.717) is 12.8 Å². The van der Waals surface area contributed by atoms with Gasteiger partial charge in [-0.15, -0.1) is 0 Å². The molecule has 2 nitrogen and oxygen atoms in total. The average Bonchev–Trinajstić information content (AvgIpc) is 2.82. The molecule has 4 heteroatoms. The molecule has 28 heavy (non-hydrogen) atoms. The predicted octanol–water partition coefficient (Wildman–Crippen LogP) is 6.65. The zero-order valence-electron chi connectivity index (χ0n) is 16.1. The van der Waals surface area contributed by atoms with Crippen LogP contribution in [0.1, 0.15) is 55.7 Å². The van der Waals surface area contributed by atoms with E-state index in [-0.39, 0.29) is 23.0 Å². The van der Waals surface area contributed by atoms with Gasteiger partial charge in [-0.2, -0.15) is 0 Å². The normalized spacial score (nSPS) is 24.2. The maximum Gasteiger partial charge on any atom is 0.221 e. The largest absolute Gasteiger partial charge is 0.337 e. The summed E-state index contributed by atoms with van der Waals surface area (Å²) in [5, 5.41) is -0.280. The molecule has 2 aliphatic carbocycles. The minimum Gasteiger partial charge on any atom is -0.337 e. The van der Waals surface area contributed by atoms with Crippen molar-refractivity contribution in [2.45, 2.75) is 51.5 Å². The first-order valence-electron chi connectivity index (χ1n) is 10.0. The van der Waals surface area contributed by atoms with Crippen LogP contribution in [0.4, 0.5) is 4.39 Å². The lowest BCUT2D eigenvalue weighted by Crippen LogP contribution is -2.48. The third-order valence-electron chi connectivity index (χ3n) is 5.97. The fourth-order valence-electron chi connectivity index (χ4n) is 4.38. The molecule has 4 rings (SSSR count). The highest BCUT2D eigenvalue weighted by Gasteiger charge is 2.47. The number of hydrogen-bond donors (Lipinski definition) is 0.